The summed E-state index contributed by atoms with van der Waals surface area (Å²) in [4.78, 5) is 24.8. The third-order valence-electron chi connectivity index (χ3n) is 4.42. The number of hydrogen-bond donors (Lipinski definition) is 3. The molecule has 0 heterocycles. The highest BCUT2D eigenvalue weighted by molar-refractivity contribution is 7.80. The molecule has 6 heteroatoms. The summed E-state index contributed by atoms with van der Waals surface area (Å²) in [6.07, 6.45) is 0.973. The Morgan fingerprint density at radius 3 is 2.07 bits per heavy atom. The molecule has 0 aromatic heterocycles. The molecule has 0 aliphatic carbocycles. The first kappa shape index (κ1) is 21.2. The van der Waals surface area contributed by atoms with E-state index in [4.69, 9.17) is 12.2 Å². The summed E-state index contributed by atoms with van der Waals surface area (Å²) >= 11 is 5.25. The van der Waals surface area contributed by atoms with Crippen molar-refractivity contribution in [3.63, 3.8) is 0 Å². The van der Waals surface area contributed by atoms with Crippen LogP contribution in [0, 0.1) is 0 Å². The van der Waals surface area contributed by atoms with Crippen LogP contribution in [-0.4, -0.2) is 23.5 Å². The lowest BCUT2D eigenvalue weighted by molar-refractivity contribution is -0.119. The second-order valence-corrected chi connectivity index (χ2v) is 7.11. The van der Waals surface area contributed by atoms with Crippen LogP contribution in [0.4, 0.5) is 5.69 Å². The Morgan fingerprint density at radius 2 is 1.37 bits per heavy atom. The monoisotopic (exact) mass is 417 g/mol. The van der Waals surface area contributed by atoms with E-state index >= 15 is 0 Å². The van der Waals surface area contributed by atoms with Gasteiger partial charge < -0.3 is 16.0 Å². The lowest BCUT2D eigenvalue weighted by Gasteiger charge is -2.13. The van der Waals surface area contributed by atoms with Crippen molar-refractivity contribution in [3.05, 3.63) is 102 Å². The molecule has 0 spiro atoms. The zero-order valence-electron chi connectivity index (χ0n) is 16.4. The highest BCUT2D eigenvalue weighted by Crippen LogP contribution is 2.15. The molecular formula is C24H23N3O2S. The van der Waals surface area contributed by atoms with Gasteiger partial charge in [0.1, 0.15) is 0 Å². The Labute approximate surface area is 181 Å². The lowest BCUT2D eigenvalue weighted by atomic mass is 10.1. The van der Waals surface area contributed by atoms with Crippen molar-refractivity contribution in [1.82, 2.24) is 10.6 Å². The van der Waals surface area contributed by atoms with Crippen LogP contribution in [0.25, 0.3) is 0 Å². The standard InChI is InChI=1S/C24H23N3O2S/c28-22(17-19-11-5-2-6-12-19)27-24(30)26-21-14-8-7-13-20(21)23(29)25-16-15-18-9-3-1-4-10-18/h1-14H,15-17H2,(H,25,29)(H2,26,27,28,30). The summed E-state index contributed by atoms with van der Waals surface area (Å²) in [6.45, 7) is 0.523. The molecule has 0 aliphatic rings. The fourth-order valence-electron chi connectivity index (χ4n) is 2.96. The summed E-state index contributed by atoms with van der Waals surface area (Å²) in [7, 11) is 0. The molecule has 152 valence electrons. The van der Waals surface area contributed by atoms with Gasteiger partial charge in [0, 0.05) is 6.54 Å². The minimum Gasteiger partial charge on any atom is -0.352 e. The number of carbonyl (C=O) groups is 2. The van der Waals surface area contributed by atoms with E-state index in [0.29, 0.717) is 17.8 Å². The van der Waals surface area contributed by atoms with Gasteiger partial charge in [-0.2, -0.15) is 0 Å². The third-order valence-corrected chi connectivity index (χ3v) is 4.63. The van der Waals surface area contributed by atoms with Gasteiger partial charge in [-0.05, 0) is 41.9 Å². The summed E-state index contributed by atoms with van der Waals surface area (Å²) in [6, 6.07) is 26.4. The van der Waals surface area contributed by atoms with Crippen LogP contribution in [0.1, 0.15) is 21.5 Å². The summed E-state index contributed by atoms with van der Waals surface area (Å²) in [5.41, 5.74) is 3.06. The van der Waals surface area contributed by atoms with Gasteiger partial charge in [-0.15, -0.1) is 0 Å². The van der Waals surface area contributed by atoms with Crippen LogP contribution in [0.5, 0.6) is 0 Å². The molecule has 3 N–H and O–H groups in total. The Balaban J connectivity index is 1.54. The van der Waals surface area contributed by atoms with Crippen LogP contribution in [0.15, 0.2) is 84.9 Å². The number of hydrogen-bond acceptors (Lipinski definition) is 3. The van der Waals surface area contributed by atoms with E-state index in [1.165, 1.54) is 0 Å². The second kappa shape index (κ2) is 10.9. The molecule has 30 heavy (non-hydrogen) atoms. The van der Waals surface area contributed by atoms with E-state index in [1.54, 1.807) is 24.3 Å². The van der Waals surface area contributed by atoms with Crippen molar-refractivity contribution in [1.29, 1.82) is 0 Å². The van der Waals surface area contributed by atoms with Crippen molar-refractivity contribution < 1.29 is 9.59 Å². The molecule has 0 fully saturated rings. The van der Waals surface area contributed by atoms with Crippen molar-refractivity contribution in [2.24, 2.45) is 0 Å². The first-order valence-electron chi connectivity index (χ1n) is 9.68. The predicted molar refractivity (Wildman–Crippen MR) is 123 cm³/mol. The van der Waals surface area contributed by atoms with E-state index in [9.17, 15) is 9.59 Å². The average Bonchev–Trinajstić information content (AvgIpc) is 2.75. The van der Waals surface area contributed by atoms with E-state index in [0.717, 1.165) is 17.5 Å². The number of thiocarbonyl (C=S) groups is 1. The maximum absolute atomic E-state index is 12.6. The number of rotatable bonds is 7. The van der Waals surface area contributed by atoms with Gasteiger partial charge in [0.15, 0.2) is 5.11 Å². The van der Waals surface area contributed by atoms with Crippen LogP contribution < -0.4 is 16.0 Å². The maximum atomic E-state index is 12.6. The van der Waals surface area contributed by atoms with Gasteiger partial charge in [0.05, 0.1) is 17.7 Å². The molecular weight excluding hydrogens is 394 g/mol. The molecule has 5 nitrogen and oxygen atoms in total. The van der Waals surface area contributed by atoms with Crippen molar-refractivity contribution in [2.75, 3.05) is 11.9 Å². The van der Waals surface area contributed by atoms with Crippen molar-refractivity contribution in [2.45, 2.75) is 12.8 Å². The first-order valence-corrected chi connectivity index (χ1v) is 10.1. The summed E-state index contributed by atoms with van der Waals surface area (Å²) < 4.78 is 0. The highest BCUT2D eigenvalue weighted by atomic mass is 32.1. The number of anilines is 1. The zero-order chi connectivity index (χ0) is 21.2. The number of nitrogens with one attached hydrogen (secondary N) is 3. The Bertz CT molecular complexity index is 1010. The molecule has 3 rings (SSSR count). The number of para-hydroxylation sites is 1. The Hall–Kier alpha value is -3.51. The van der Waals surface area contributed by atoms with Gasteiger partial charge in [-0.1, -0.05) is 72.8 Å². The van der Waals surface area contributed by atoms with Crippen LogP contribution in [-0.2, 0) is 17.6 Å². The molecule has 0 saturated carbocycles. The number of benzene rings is 3. The first-order chi connectivity index (χ1) is 14.6. The molecule has 0 aliphatic heterocycles. The highest BCUT2D eigenvalue weighted by Gasteiger charge is 2.13. The fourth-order valence-corrected chi connectivity index (χ4v) is 3.18. The smallest absolute Gasteiger partial charge is 0.253 e. The van der Waals surface area contributed by atoms with Crippen LogP contribution in [0.3, 0.4) is 0 Å². The number of amides is 2. The SMILES string of the molecule is O=C(Cc1ccccc1)NC(=S)Nc1ccccc1C(=O)NCCc1ccccc1. The Kier molecular flexibility index (Phi) is 7.69. The molecule has 0 unspecified atom stereocenters. The molecule has 0 radical (unpaired) electrons. The quantitative estimate of drug-likeness (QED) is 0.513. The Morgan fingerprint density at radius 1 is 0.767 bits per heavy atom. The molecule has 3 aromatic carbocycles. The second-order valence-electron chi connectivity index (χ2n) is 6.70. The fraction of sp³-hybridized carbons (Fsp3) is 0.125. The van der Waals surface area contributed by atoms with E-state index in [-0.39, 0.29) is 23.3 Å². The zero-order valence-corrected chi connectivity index (χ0v) is 17.2. The van der Waals surface area contributed by atoms with Crippen LogP contribution in [0.2, 0.25) is 0 Å². The van der Waals surface area contributed by atoms with Gasteiger partial charge >= 0.3 is 0 Å². The van der Waals surface area contributed by atoms with E-state index < -0.39 is 0 Å². The third kappa shape index (κ3) is 6.53. The number of carbonyl (C=O) groups excluding carboxylic acids is 2. The average molecular weight is 418 g/mol. The largest absolute Gasteiger partial charge is 0.352 e. The lowest BCUT2D eigenvalue weighted by Crippen LogP contribution is -2.36. The summed E-state index contributed by atoms with van der Waals surface area (Å²) in [5, 5.41) is 8.69. The predicted octanol–water partition coefficient (Wildman–Crippen LogP) is 3.71. The summed E-state index contributed by atoms with van der Waals surface area (Å²) in [5.74, 6) is -0.420. The van der Waals surface area contributed by atoms with Crippen LogP contribution >= 0.6 is 12.2 Å². The van der Waals surface area contributed by atoms with E-state index in [1.807, 2.05) is 60.7 Å². The molecule has 0 atom stereocenters. The maximum Gasteiger partial charge on any atom is 0.253 e. The van der Waals surface area contributed by atoms with Gasteiger partial charge in [-0.3, -0.25) is 9.59 Å². The molecule has 0 saturated heterocycles. The minimum absolute atomic E-state index is 0.153. The molecule has 0 bridgehead atoms. The van der Waals surface area contributed by atoms with Gasteiger partial charge in [0.2, 0.25) is 5.91 Å². The minimum atomic E-state index is -0.219. The van der Waals surface area contributed by atoms with Crippen molar-refractivity contribution in [3.8, 4) is 0 Å². The van der Waals surface area contributed by atoms with E-state index in [2.05, 4.69) is 16.0 Å². The normalized spacial score (nSPS) is 10.1. The van der Waals surface area contributed by atoms with Crippen molar-refractivity contribution >= 4 is 34.8 Å². The van der Waals surface area contributed by atoms with Gasteiger partial charge in [-0.25, -0.2) is 0 Å². The molecule has 2 amide bonds. The van der Waals surface area contributed by atoms with Gasteiger partial charge in [0.25, 0.3) is 5.91 Å². The molecule has 3 aromatic rings. The topological polar surface area (TPSA) is 70.2 Å².